The molecule has 0 bridgehead atoms. The van der Waals surface area contributed by atoms with Gasteiger partial charge in [0.05, 0.1) is 0 Å². The van der Waals surface area contributed by atoms with E-state index in [0.29, 0.717) is 22.2 Å². The zero-order valence-electron chi connectivity index (χ0n) is 11.0. The Kier molecular flexibility index (Phi) is 4.05. The van der Waals surface area contributed by atoms with Gasteiger partial charge < -0.3 is 15.7 Å². The van der Waals surface area contributed by atoms with E-state index in [1.165, 1.54) is 0 Å². The maximum atomic E-state index is 8.67. The largest absolute Gasteiger partial charge is 0.424 e. The number of amidine groups is 1. The molecule has 0 aliphatic heterocycles. The summed E-state index contributed by atoms with van der Waals surface area (Å²) in [5.74, 6) is 0.454. The highest BCUT2D eigenvalue weighted by atomic mass is 35.5. The lowest BCUT2D eigenvalue weighted by atomic mass is 10.2. The van der Waals surface area contributed by atoms with E-state index < -0.39 is 0 Å². The number of aromatic nitrogens is 2. The molecule has 0 amide bonds. The normalized spacial score (nSPS) is 11.4. The van der Waals surface area contributed by atoms with E-state index in [4.69, 9.17) is 27.3 Å². The van der Waals surface area contributed by atoms with Crippen LogP contribution in [0.2, 0.25) is 5.02 Å². The molecule has 2 aromatic rings. The van der Waals surface area contributed by atoms with E-state index in [1.807, 2.05) is 6.92 Å². The van der Waals surface area contributed by atoms with Gasteiger partial charge in [0.15, 0.2) is 5.84 Å². The van der Waals surface area contributed by atoms with Crippen LogP contribution in [0.1, 0.15) is 17.0 Å². The second-order valence-corrected chi connectivity index (χ2v) is 4.58. The molecule has 0 radical (unpaired) electrons. The summed E-state index contributed by atoms with van der Waals surface area (Å²) in [7, 11) is 0. The van der Waals surface area contributed by atoms with E-state index in [0.717, 1.165) is 5.56 Å². The molecule has 3 N–H and O–H groups in total. The summed E-state index contributed by atoms with van der Waals surface area (Å²) in [5, 5.41) is 12.2. The quantitative estimate of drug-likeness (QED) is 0.392. The minimum Gasteiger partial charge on any atom is -0.424 e. The summed E-state index contributed by atoms with van der Waals surface area (Å²) in [5.41, 5.74) is 7.32. The molecule has 0 atom stereocenters. The van der Waals surface area contributed by atoms with Crippen molar-refractivity contribution in [1.82, 2.24) is 9.97 Å². The van der Waals surface area contributed by atoms with Crippen LogP contribution < -0.4 is 10.5 Å². The van der Waals surface area contributed by atoms with Crippen molar-refractivity contribution < 1.29 is 9.94 Å². The summed E-state index contributed by atoms with van der Waals surface area (Å²) in [6.45, 7) is 3.63. The Morgan fingerprint density at radius 2 is 2.05 bits per heavy atom. The number of hydrogen-bond acceptors (Lipinski definition) is 5. The van der Waals surface area contributed by atoms with Gasteiger partial charge in [-0.05, 0) is 43.7 Å². The molecule has 0 unspecified atom stereocenters. The number of aryl methyl sites for hydroxylation is 2. The van der Waals surface area contributed by atoms with Crippen molar-refractivity contribution in [2.45, 2.75) is 13.8 Å². The van der Waals surface area contributed by atoms with Crippen LogP contribution in [0.15, 0.2) is 29.4 Å². The van der Waals surface area contributed by atoms with Crippen LogP contribution >= 0.6 is 11.6 Å². The number of hydrogen-bond donors (Lipinski definition) is 2. The number of rotatable bonds is 3. The van der Waals surface area contributed by atoms with Crippen LogP contribution in [0.25, 0.3) is 0 Å². The molecule has 0 aliphatic carbocycles. The molecular formula is C13H13ClN4O2. The number of benzene rings is 1. The number of oxime groups is 1. The zero-order valence-corrected chi connectivity index (χ0v) is 11.7. The molecule has 0 spiro atoms. The molecule has 1 heterocycles. The first kappa shape index (κ1) is 14.1. The molecule has 0 saturated heterocycles. The maximum absolute atomic E-state index is 8.67. The second kappa shape index (κ2) is 5.75. The van der Waals surface area contributed by atoms with Crippen molar-refractivity contribution in [2.24, 2.45) is 10.9 Å². The number of nitrogens with zero attached hydrogens (tertiary/aromatic N) is 3. The van der Waals surface area contributed by atoms with E-state index in [2.05, 4.69) is 15.1 Å². The fraction of sp³-hybridized carbons (Fsp3) is 0.154. The number of ether oxygens (including phenoxy) is 1. The average molecular weight is 293 g/mol. The van der Waals surface area contributed by atoms with Crippen LogP contribution in [-0.4, -0.2) is 21.0 Å². The smallest absolute Gasteiger partial charge is 0.322 e. The monoisotopic (exact) mass is 292 g/mol. The van der Waals surface area contributed by atoms with Gasteiger partial charge in [-0.1, -0.05) is 16.8 Å². The Balaban J connectivity index is 2.33. The highest BCUT2D eigenvalue weighted by molar-refractivity contribution is 6.31. The highest BCUT2D eigenvalue weighted by Gasteiger charge is 2.08. The Morgan fingerprint density at radius 1 is 1.30 bits per heavy atom. The summed E-state index contributed by atoms with van der Waals surface area (Å²) in [4.78, 5) is 8.21. The average Bonchev–Trinajstić information content (AvgIpc) is 2.41. The van der Waals surface area contributed by atoms with Gasteiger partial charge >= 0.3 is 6.01 Å². The predicted octanol–water partition coefficient (Wildman–Crippen LogP) is 2.63. The van der Waals surface area contributed by atoms with Gasteiger partial charge in [-0.25, -0.2) is 4.98 Å². The van der Waals surface area contributed by atoms with Crippen molar-refractivity contribution in [1.29, 1.82) is 0 Å². The Bertz CT molecular complexity index is 673. The van der Waals surface area contributed by atoms with Gasteiger partial charge in [0.1, 0.15) is 11.4 Å². The van der Waals surface area contributed by atoms with Crippen molar-refractivity contribution >= 4 is 17.4 Å². The lowest BCUT2D eigenvalue weighted by molar-refractivity contribution is 0.318. The fourth-order valence-electron chi connectivity index (χ4n) is 1.56. The predicted molar refractivity (Wildman–Crippen MR) is 75.5 cm³/mol. The molecule has 6 nitrogen and oxygen atoms in total. The lowest BCUT2D eigenvalue weighted by Crippen LogP contribution is -2.16. The molecule has 0 saturated carbocycles. The number of nitrogens with two attached hydrogens (primary N) is 1. The second-order valence-electron chi connectivity index (χ2n) is 4.18. The summed E-state index contributed by atoms with van der Waals surface area (Å²) >= 11 is 5.95. The summed E-state index contributed by atoms with van der Waals surface area (Å²) in [6, 6.07) is 6.93. The van der Waals surface area contributed by atoms with Crippen molar-refractivity contribution in [3.63, 3.8) is 0 Å². The van der Waals surface area contributed by atoms with Crippen LogP contribution in [-0.2, 0) is 0 Å². The van der Waals surface area contributed by atoms with Crippen LogP contribution in [0.5, 0.6) is 11.8 Å². The van der Waals surface area contributed by atoms with Gasteiger partial charge in [0.2, 0.25) is 0 Å². The third kappa shape index (κ3) is 3.16. The Morgan fingerprint density at radius 3 is 2.70 bits per heavy atom. The molecule has 20 heavy (non-hydrogen) atoms. The standard InChI is InChI=1S/C13H13ClN4O2/c1-7-5-9(3-4-10(7)14)20-13-16-8(2)6-11(17-13)12(15)18-19/h3-6,19H,1-2H3,(H2,15,18). The SMILES string of the molecule is Cc1cc(/C(N)=N/O)nc(Oc2ccc(Cl)c(C)c2)n1. The van der Waals surface area contributed by atoms with Crippen molar-refractivity contribution in [2.75, 3.05) is 0 Å². The molecule has 1 aromatic carbocycles. The van der Waals surface area contributed by atoms with Crippen LogP contribution in [0.4, 0.5) is 0 Å². The van der Waals surface area contributed by atoms with Crippen LogP contribution in [0, 0.1) is 13.8 Å². The zero-order chi connectivity index (χ0) is 14.7. The fourth-order valence-corrected chi connectivity index (χ4v) is 1.67. The molecule has 0 aliphatic rings. The maximum Gasteiger partial charge on any atom is 0.322 e. The third-order valence-electron chi connectivity index (χ3n) is 2.54. The summed E-state index contributed by atoms with van der Waals surface area (Å²) in [6.07, 6.45) is 0. The number of halogens is 1. The Hall–Kier alpha value is -2.34. The first-order chi connectivity index (χ1) is 9.49. The minimum absolute atomic E-state index is 0.104. The van der Waals surface area contributed by atoms with E-state index in [1.54, 1.807) is 31.2 Å². The highest BCUT2D eigenvalue weighted by Crippen LogP contribution is 2.24. The molecule has 104 valence electrons. The third-order valence-corrected chi connectivity index (χ3v) is 2.97. The molecular weight excluding hydrogens is 280 g/mol. The van der Waals surface area contributed by atoms with Gasteiger partial charge in [0.25, 0.3) is 0 Å². The first-order valence-electron chi connectivity index (χ1n) is 5.77. The van der Waals surface area contributed by atoms with Gasteiger partial charge in [-0.15, -0.1) is 0 Å². The van der Waals surface area contributed by atoms with E-state index in [9.17, 15) is 0 Å². The molecule has 2 rings (SSSR count). The van der Waals surface area contributed by atoms with Gasteiger partial charge in [-0.2, -0.15) is 4.98 Å². The molecule has 0 fully saturated rings. The minimum atomic E-state index is -0.104. The van der Waals surface area contributed by atoms with E-state index >= 15 is 0 Å². The summed E-state index contributed by atoms with van der Waals surface area (Å²) < 4.78 is 5.56. The van der Waals surface area contributed by atoms with Gasteiger partial charge in [0, 0.05) is 10.7 Å². The van der Waals surface area contributed by atoms with E-state index in [-0.39, 0.29) is 11.8 Å². The molecule has 1 aromatic heterocycles. The van der Waals surface area contributed by atoms with Crippen molar-refractivity contribution in [3.05, 3.63) is 46.2 Å². The molecule has 7 heteroatoms. The van der Waals surface area contributed by atoms with Crippen LogP contribution in [0.3, 0.4) is 0 Å². The lowest BCUT2D eigenvalue weighted by Gasteiger charge is -2.07. The topological polar surface area (TPSA) is 93.6 Å². The first-order valence-corrected chi connectivity index (χ1v) is 6.15. The Labute approximate surface area is 120 Å². The van der Waals surface area contributed by atoms with Crippen molar-refractivity contribution in [3.8, 4) is 11.8 Å². The van der Waals surface area contributed by atoms with Gasteiger partial charge in [-0.3, -0.25) is 0 Å².